The van der Waals surface area contributed by atoms with E-state index in [1.807, 2.05) is 0 Å². The van der Waals surface area contributed by atoms with Gasteiger partial charge in [-0.1, -0.05) is 0 Å². The molecule has 0 spiro atoms. The molecule has 0 aliphatic rings. The zero-order valence-electron chi connectivity index (χ0n) is 7.94. The van der Waals surface area contributed by atoms with E-state index in [9.17, 15) is 0 Å². The minimum absolute atomic E-state index is 0. The summed E-state index contributed by atoms with van der Waals surface area (Å²) in [6, 6.07) is 0. The molecular weight excluding hydrogens is 180 g/mol. The fourth-order valence-electron chi connectivity index (χ4n) is 0. The van der Waals surface area contributed by atoms with Crippen LogP contribution in [0.25, 0.3) is 0 Å². The summed E-state index contributed by atoms with van der Waals surface area (Å²) in [5.41, 5.74) is 0. The van der Waals surface area contributed by atoms with Crippen LogP contribution >= 0.6 is 12.4 Å². The van der Waals surface area contributed by atoms with Gasteiger partial charge < -0.3 is 5.71 Å². The Kier molecular flexibility index (Phi) is 24.6. The number of hydrogen-bond donors (Lipinski definition) is 2. The van der Waals surface area contributed by atoms with Crippen molar-refractivity contribution in [3.8, 4) is 0 Å². The molecule has 8 heteroatoms. The van der Waals surface area contributed by atoms with Crippen LogP contribution in [0.1, 0.15) is 5.71 Å². The molecule has 0 aromatic carbocycles. The molecule has 0 fully saturated rings. The molecule has 2 N–H and O–H groups in total. The van der Waals surface area contributed by atoms with Crippen molar-refractivity contribution in [3.05, 3.63) is 0 Å². The van der Waals surface area contributed by atoms with E-state index in [-0.39, 0.29) is 64.2 Å². The molecule has 0 aliphatic carbocycles. The standard InChI is InChI=1S/ClH.2Mg.H2O4S.4H/c;;;1-5(2,3)4;;;;/h1H;;;(H2,1,2,3,4);;;;/q;2*+2;;4*-1. The minimum Gasteiger partial charge on any atom is -1.00 e. The Balaban J connectivity index is -0.00000000381. The maximum absolute atomic E-state index is 8.74. The minimum atomic E-state index is -4.67. The van der Waals surface area contributed by atoms with E-state index in [4.69, 9.17) is 17.5 Å². The second-order valence-electron chi connectivity index (χ2n) is 0.448. The third-order valence-corrected chi connectivity index (χ3v) is 0. The first kappa shape index (κ1) is 22.6. The Morgan fingerprint density at radius 2 is 1.12 bits per heavy atom. The molecule has 0 aromatic heterocycles. The van der Waals surface area contributed by atoms with Gasteiger partial charge in [-0.05, 0) is 0 Å². The normalized spacial score (nSPS) is 7.25. The summed E-state index contributed by atoms with van der Waals surface area (Å²) in [5.74, 6) is 0. The third-order valence-electron chi connectivity index (χ3n) is 0. The van der Waals surface area contributed by atoms with Crippen LogP contribution in [0.3, 0.4) is 0 Å². The van der Waals surface area contributed by atoms with Gasteiger partial charge in [0.2, 0.25) is 0 Å². The van der Waals surface area contributed by atoms with Crippen molar-refractivity contribution < 1.29 is 23.2 Å². The SMILES string of the molecule is Cl.O=S(=O)(O)O.[H-].[H-].[H-].[H-].[Mg+2].[Mg+2]. The van der Waals surface area contributed by atoms with E-state index in [2.05, 4.69) is 0 Å². The molecule has 0 aliphatic heterocycles. The van der Waals surface area contributed by atoms with Gasteiger partial charge in [0, 0.05) is 0 Å². The monoisotopic (exact) mass is 186 g/mol. The summed E-state index contributed by atoms with van der Waals surface area (Å²) in [4.78, 5) is 0. The van der Waals surface area contributed by atoms with Gasteiger partial charge in [-0.15, -0.1) is 12.4 Å². The van der Waals surface area contributed by atoms with Crippen molar-refractivity contribution in [3.63, 3.8) is 0 Å². The maximum Gasteiger partial charge on any atom is 2.00 e. The Morgan fingerprint density at radius 1 is 1.12 bits per heavy atom. The van der Waals surface area contributed by atoms with Crippen LogP contribution in [-0.4, -0.2) is 63.6 Å². The molecule has 8 heavy (non-hydrogen) atoms. The fraction of sp³-hybridized carbons (Fsp3) is 0. The van der Waals surface area contributed by atoms with E-state index >= 15 is 0 Å². The van der Waals surface area contributed by atoms with Gasteiger partial charge in [0.1, 0.15) is 0 Å². The molecule has 0 unspecified atom stereocenters. The molecule has 0 atom stereocenters. The summed E-state index contributed by atoms with van der Waals surface area (Å²) in [6.45, 7) is 0. The summed E-state index contributed by atoms with van der Waals surface area (Å²) in [6.07, 6.45) is 0. The zero-order valence-corrected chi connectivity index (χ0v) is 8.40. The van der Waals surface area contributed by atoms with Crippen molar-refractivity contribution in [1.29, 1.82) is 0 Å². The zero-order chi connectivity index (χ0) is 4.50. The molecule has 0 saturated carbocycles. The Labute approximate surface area is 91.6 Å². The van der Waals surface area contributed by atoms with E-state index in [0.717, 1.165) is 0 Å². The van der Waals surface area contributed by atoms with Crippen LogP contribution in [0.2, 0.25) is 0 Å². The van der Waals surface area contributed by atoms with Crippen molar-refractivity contribution in [2.45, 2.75) is 0 Å². The van der Waals surface area contributed by atoms with Gasteiger partial charge in [-0.3, -0.25) is 9.11 Å². The van der Waals surface area contributed by atoms with Gasteiger partial charge in [0.05, 0.1) is 0 Å². The van der Waals surface area contributed by atoms with Gasteiger partial charge >= 0.3 is 56.5 Å². The van der Waals surface area contributed by atoms with Crippen molar-refractivity contribution in [1.82, 2.24) is 0 Å². The smallest absolute Gasteiger partial charge is 1.00 e. The molecule has 48 valence electrons. The Bertz CT molecular complexity index is 108. The van der Waals surface area contributed by atoms with Crippen molar-refractivity contribution >= 4 is 68.9 Å². The quantitative estimate of drug-likeness (QED) is 0.394. The molecular formula is H7ClMg2O4S. The van der Waals surface area contributed by atoms with Crippen LogP contribution in [0, 0.1) is 0 Å². The molecule has 0 saturated heterocycles. The Hall–Kier alpha value is 1.69. The third kappa shape index (κ3) is 120. The predicted molar refractivity (Wildman–Crippen MR) is 37.4 cm³/mol. The first-order valence-electron chi connectivity index (χ1n) is 0.698. The van der Waals surface area contributed by atoms with E-state index in [1.54, 1.807) is 0 Å². The van der Waals surface area contributed by atoms with Gasteiger partial charge in [0.15, 0.2) is 0 Å². The first-order chi connectivity index (χ1) is 2.00. The van der Waals surface area contributed by atoms with Gasteiger partial charge in [-0.25, -0.2) is 0 Å². The Morgan fingerprint density at radius 3 is 1.12 bits per heavy atom. The second kappa shape index (κ2) is 8.69. The van der Waals surface area contributed by atoms with Gasteiger partial charge in [-0.2, -0.15) is 8.42 Å². The molecule has 0 radical (unpaired) electrons. The van der Waals surface area contributed by atoms with Crippen molar-refractivity contribution in [2.24, 2.45) is 0 Å². The van der Waals surface area contributed by atoms with Crippen LogP contribution < -0.4 is 0 Å². The fourth-order valence-corrected chi connectivity index (χ4v) is 0. The average Bonchev–Trinajstić information content (AvgIpc) is 0.722. The molecule has 0 amide bonds. The summed E-state index contributed by atoms with van der Waals surface area (Å²) in [7, 11) is -4.67. The topological polar surface area (TPSA) is 74.6 Å². The van der Waals surface area contributed by atoms with Crippen LogP contribution in [0.15, 0.2) is 0 Å². The molecule has 0 heterocycles. The van der Waals surface area contributed by atoms with Crippen LogP contribution in [0.4, 0.5) is 0 Å². The van der Waals surface area contributed by atoms with Crippen molar-refractivity contribution in [2.75, 3.05) is 0 Å². The predicted octanol–water partition coefficient (Wildman–Crippen LogP) is -0.543. The molecule has 0 bridgehead atoms. The van der Waals surface area contributed by atoms with Crippen LogP contribution in [-0.2, 0) is 10.4 Å². The van der Waals surface area contributed by atoms with Crippen LogP contribution in [0.5, 0.6) is 0 Å². The number of hydrogen-bond acceptors (Lipinski definition) is 2. The largest absolute Gasteiger partial charge is 2.00 e. The van der Waals surface area contributed by atoms with Gasteiger partial charge in [0.25, 0.3) is 0 Å². The number of rotatable bonds is 0. The van der Waals surface area contributed by atoms with E-state index < -0.39 is 10.4 Å². The first-order valence-corrected chi connectivity index (χ1v) is 2.10. The maximum atomic E-state index is 8.74. The second-order valence-corrected chi connectivity index (χ2v) is 1.34. The van der Waals surface area contributed by atoms with E-state index in [0.29, 0.717) is 0 Å². The summed E-state index contributed by atoms with van der Waals surface area (Å²) in [5, 5.41) is 0. The average molecular weight is 187 g/mol. The van der Waals surface area contributed by atoms with E-state index in [1.165, 1.54) is 0 Å². The molecule has 4 nitrogen and oxygen atoms in total. The molecule has 0 aromatic rings. The summed E-state index contributed by atoms with van der Waals surface area (Å²) < 4.78 is 31.6. The number of halogens is 1. The molecule has 0 rings (SSSR count). The summed E-state index contributed by atoms with van der Waals surface area (Å²) >= 11 is 0.